The van der Waals surface area contributed by atoms with E-state index >= 15 is 0 Å². The van der Waals surface area contributed by atoms with Gasteiger partial charge in [0.2, 0.25) is 11.5 Å². The van der Waals surface area contributed by atoms with Crippen molar-refractivity contribution >= 4 is 11.8 Å². The molecule has 1 aromatic carbocycles. The summed E-state index contributed by atoms with van der Waals surface area (Å²) in [5.41, 5.74) is -3.73. The Balaban J connectivity index is 2.59. The minimum Gasteiger partial charge on any atom is -0.475 e. The summed E-state index contributed by atoms with van der Waals surface area (Å²) >= 11 is 0. The second kappa shape index (κ2) is 4.11. The van der Waals surface area contributed by atoms with E-state index in [0.717, 1.165) is 12.1 Å². The smallest absolute Gasteiger partial charge is 0.440 e. The minimum atomic E-state index is -5.07. The SMILES string of the molecule is O=C(O)C1=CC(=O)C(c2ccccc2)(C(F)(F)F)O1. The molecule has 0 bridgehead atoms. The van der Waals surface area contributed by atoms with E-state index in [1.807, 2.05) is 0 Å². The highest BCUT2D eigenvalue weighted by Gasteiger charge is 2.66. The third-order valence-electron chi connectivity index (χ3n) is 2.66. The average molecular weight is 272 g/mol. The summed E-state index contributed by atoms with van der Waals surface area (Å²) in [4.78, 5) is 22.4. The molecule has 0 fully saturated rings. The molecule has 0 saturated heterocycles. The molecule has 0 spiro atoms. The number of alkyl halides is 3. The number of ether oxygens (including phenoxy) is 1. The third-order valence-corrected chi connectivity index (χ3v) is 2.66. The molecule has 100 valence electrons. The quantitative estimate of drug-likeness (QED) is 0.894. The van der Waals surface area contributed by atoms with Gasteiger partial charge in [0.25, 0.3) is 5.60 Å². The Kier molecular flexibility index (Phi) is 2.84. The van der Waals surface area contributed by atoms with Crippen molar-refractivity contribution in [1.82, 2.24) is 0 Å². The second-order valence-corrected chi connectivity index (χ2v) is 3.83. The standard InChI is InChI=1S/C12H7F3O4/c13-12(14,15)11(7-4-2-1-3-5-7)9(16)6-8(19-11)10(17)18/h1-6H,(H,17,18). The summed E-state index contributed by atoms with van der Waals surface area (Å²) in [6.45, 7) is 0. The number of carbonyl (C=O) groups excluding carboxylic acids is 1. The molecular formula is C12H7F3O4. The van der Waals surface area contributed by atoms with Gasteiger partial charge in [0.05, 0.1) is 0 Å². The van der Waals surface area contributed by atoms with Crippen LogP contribution in [0.25, 0.3) is 0 Å². The van der Waals surface area contributed by atoms with E-state index in [4.69, 9.17) is 5.11 Å². The van der Waals surface area contributed by atoms with E-state index in [1.54, 1.807) is 0 Å². The molecule has 0 radical (unpaired) electrons. The Morgan fingerprint density at radius 2 is 1.79 bits per heavy atom. The molecule has 7 heteroatoms. The first kappa shape index (κ1) is 13.1. The molecule has 0 saturated carbocycles. The third kappa shape index (κ3) is 1.87. The lowest BCUT2D eigenvalue weighted by molar-refractivity contribution is -0.254. The maximum atomic E-state index is 13.2. The minimum absolute atomic E-state index is 0.350. The molecule has 1 N–H and O–H groups in total. The summed E-state index contributed by atoms with van der Waals surface area (Å²) in [7, 11) is 0. The first-order valence-electron chi connectivity index (χ1n) is 5.10. The highest BCUT2D eigenvalue weighted by atomic mass is 19.4. The highest BCUT2D eigenvalue weighted by molar-refractivity contribution is 6.06. The predicted octanol–water partition coefficient (Wildman–Crippen LogP) is 2.01. The van der Waals surface area contributed by atoms with E-state index < -0.39 is 34.9 Å². The van der Waals surface area contributed by atoms with Crippen molar-refractivity contribution in [3.63, 3.8) is 0 Å². The number of hydrogen-bond acceptors (Lipinski definition) is 3. The molecule has 1 unspecified atom stereocenters. The molecule has 19 heavy (non-hydrogen) atoms. The fraction of sp³-hybridized carbons (Fsp3) is 0.167. The van der Waals surface area contributed by atoms with Gasteiger partial charge in [-0.15, -0.1) is 0 Å². The van der Waals surface area contributed by atoms with Crippen LogP contribution in [-0.4, -0.2) is 23.0 Å². The number of rotatable bonds is 2. The predicted molar refractivity (Wildman–Crippen MR) is 56.0 cm³/mol. The lowest BCUT2D eigenvalue weighted by Gasteiger charge is -2.30. The number of carboxylic acids is 1. The van der Waals surface area contributed by atoms with Gasteiger partial charge in [0, 0.05) is 11.6 Å². The van der Waals surface area contributed by atoms with E-state index in [2.05, 4.69) is 4.74 Å². The Morgan fingerprint density at radius 3 is 2.21 bits per heavy atom. The van der Waals surface area contributed by atoms with Crippen molar-refractivity contribution in [2.24, 2.45) is 0 Å². The number of hydrogen-bond donors (Lipinski definition) is 1. The van der Waals surface area contributed by atoms with Crippen molar-refractivity contribution in [1.29, 1.82) is 0 Å². The molecule has 4 nitrogen and oxygen atoms in total. The van der Waals surface area contributed by atoms with Gasteiger partial charge in [-0.25, -0.2) is 4.79 Å². The van der Waals surface area contributed by atoms with Crippen molar-refractivity contribution < 1.29 is 32.6 Å². The van der Waals surface area contributed by atoms with Gasteiger partial charge in [0.1, 0.15) is 0 Å². The number of aliphatic carboxylic acids is 1. The van der Waals surface area contributed by atoms with Gasteiger partial charge in [0.15, 0.2) is 0 Å². The molecule has 1 aliphatic heterocycles. The van der Waals surface area contributed by atoms with Crippen LogP contribution in [0.5, 0.6) is 0 Å². The normalized spacial score (nSPS) is 22.9. The average Bonchev–Trinajstić information content (AvgIpc) is 2.69. The van der Waals surface area contributed by atoms with E-state index in [1.165, 1.54) is 18.2 Å². The molecule has 1 atom stereocenters. The molecule has 0 aliphatic carbocycles. The summed E-state index contributed by atoms with van der Waals surface area (Å²) < 4.78 is 44.1. The van der Waals surface area contributed by atoms with Crippen molar-refractivity contribution in [2.75, 3.05) is 0 Å². The van der Waals surface area contributed by atoms with Crippen molar-refractivity contribution in [2.45, 2.75) is 11.8 Å². The fourth-order valence-corrected chi connectivity index (χ4v) is 1.81. The molecule has 1 heterocycles. The van der Waals surface area contributed by atoms with Crippen molar-refractivity contribution in [3.05, 3.63) is 47.7 Å². The number of benzene rings is 1. The van der Waals surface area contributed by atoms with Crippen LogP contribution in [0.1, 0.15) is 5.56 Å². The van der Waals surface area contributed by atoms with E-state index in [-0.39, 0.29) is 0 Å². The zero-order valence-electron chi connectivity index (χ0n) is 9.27. The van der Waals surface area contributed by atoms with Crippen LogP contribution in [0.4, 0.5) is 13.2 Å². The van der Waals surface area contributed by atoms with Crippen molar-refractivity contribution in [3.8, 4) is 0 Å². The first-order chi connectivity index (χ1) is 8.79. The summed E-state index contributed by atoms with van der Waals surface area (Å²) in [5.74, 6) is -4.20. The van der Waals surface area contributed by atoms with Gasteiger partial charge in [-0.1, -0.05) is 30.3 Å². The summed E-state index contributed by atoms with van der Waals surface area (Å²) in [6.07, 6.45) is -4.72. The molecule has 2 rings (SSSR count). The van der Waals surface area contributed by atoms with E-state index in [9.17, 15) is 22.8 Å². The number of ketones is 1. The number of carboxylic acid groups (broad SMARTS) is 1. The van der Waals surface area contributed by atoms with Gasteiger partial charge in [-0.05, 0) is 0 Å². The maximum Gasteiger partial charge on any atom is 0.440 e. The zero-order chi connectivity index (χ0) is 14.3. The first-order valence-corrected chi connectivity index (χ1v) is 5.10. The topological polar surface area (TPSA) is 63.6 Å². The molecule has 1 aromatic rings. The lowest BCUT2D eigenvalue weighted by Crippen LogP contribution is -2.48. The number of carbonyl (C=O) groups is 2. The molecular weight excluding hydrogens is 265 g/mol. The zero-order valence-corrected chi connectivity index (χ0v) is 9.27. The fourth-order valence-electron chi connectivity index (χ4n) is 1.81. The summed E-state index contributed by atoms with van der Waals surface area (Å²) in [5, 5.41) is 8.66. The van der Waals surface area contributed by atoms with Gasteiger partial charge < -0.3 is 9.84 Å². The van der Waals surface area contributed by atoms with Gasteiger partial charge in [-0.2, -0.15) is 13.2 Å². The van der Waals surface area contributed by atoms with Crippen LogP contribution in [0, 0.1) is 0 Å². The monoisotopic (exact) mass is 272 g/mol. The lowest BCUT2D eigenvalue weighted by atomic mass is 9.89. The molecule has 0 amide bonds. The number of halogens is 3. The Labute approximate surface area is 105 Å². The van der Waals surface area contributed by atoms with Crippen LogP contribution in [0.3, 0.4) is 0 Å². The van der Waals surface area contributed by atoms with Crippen LogP contribution < -0.4 is 0 Å². The molecule has 1 aliphatic rings. The second-order valence-electron chi connectivity index (χ2n) is 3.83. The molecule has 0 aromatic heterocycles. The van der Waals surface area contributed by atoms with Crippen LogP contribution in [-0.2, 0) is 19.9 Å². The Bertz CT molecular complexity index is 562. The van der Waals surface area contributed by atoms with E-state index in [0.29, 0.717) is 6.08 Å². The van der Waals surface area contributed by atoms with Gasteiger partial charge >= 0.3 is 12.1 Å². The van der Waals surface area contributed by atoms with Crippen LogP contribution in [0.15, 0.2) is 42.2 Å². The Hall–Kier alpha value is -2.31. The largest absolute Gasteiger partial charge is 0.475 e. The highest BCUT2D eigenvalue weighted by Crippen LogP contribution is 2.47. The summed E-state index contributed by atoms with van der Waals surface area (Å²) in [6, 6.07) is 6.20. The van der Waals surface area contributed by atoms with Crippen LogP contribution in [0.2, 0.25) is 0 Å². The van der Waals surface area contributed by atoms with Gasteiger partial charge in [-0.3, -0.25) is 4.79 Å². The maximum absolute atomic E-state index is 13.2. The van der Waals surface area contributed by atoms with Crippen LogP contribution >= 0.6 is 0 Å². The Morgan fingerprint density at radius 1 is 1.21 bits per heavy atom.